The molecule has 0 bridgehead atoms. The monoisotopic (exact) mass is 409 g/mol. The molecule has 154 valence electrons. The largest absolute Gasteiger partial charge is 0.481 e. The van der Waals surface area contributed by atoms with Crippen molar-refractivity contribution in [1.82, 2.24) is 4.31 Å². The van der Waals surface area contributed by atoms with E-state index in [9.17, 15) is 9.90 Å². The Bertz CT molecular complexity index is 914. The zero-order valence-corrected chi connectivity index (χ0v) is 18.6. The molecule has 0 radical (unpaired) electrons. The molecule has 29 heavy (non-hydrogen) atoms. The lowest BCUT2D eigenvalue weighted by atomic mass is 9.81. The van der Waals surface area contributed by atoms with Crippen LogP contribution in [0.25, 0.3) is 11.1 Å². The van der Waals surface area contributed by atoms with Crippen LogP contribution in [0.1, 0.15) is 59.1 Å². The molecule has 0 amide bonds. The van der Waals surface area contributed by atoms with Gasteiger partial charge in [-0.3, -0.25) is 4.79 Å². The van der Waals surface area contributed by atoms with Gasteiger partial charge in [0.1, 0.15) is 0 Å². The average Bonchev–Trinajstić information content (AvgIpc) is 3.20. The zero-order chi connectivity index (χ0) is 20.5. The molecule has 0 aromatic heterocycles. The summed E-state index contributed by atoms with van der Waals surface area (Å²) in [6.45, 7) is 8.45. The Morgan fingerprint density at radius 1 is 1.07 bits per heavy atom. The molecule has 2 aromatic rings. The van der Waals surface area contributed by atoms with E-state index in [1.165, 1.54) is 53.5 Å². The van der Waals surface area contributed by atoms with Crippen molar-refractivity contribution in [3.63, 3.8) is 0 Å². The number of benzene rings is 2. The summed E-state index contributed by atoms with van der Waals surface area (Å²) in [5.74, 6) is -0.755. The first-order valence-corrected chi connectivity index (χ1v) is 11.6. The van der Waals surface area contributed by atoms with Crippen LogP contribution < -0.4 is 0 Å². The number of aliphatic carboxylic acids is 1. The third-order valence-electron chi connectivity index (χ3n) is 6.61. The van der Waals surface area contributed by atoms with Crippen molar-refractivity contribution in [2.24, 2.45) is 0 Å². The van der Waals surface area contributed by atoms with Gasteiger partial charge in [0.2, 0.25) is 0 Å². The lowest BCUT2D eigenvalue weighted by molar-refractivity contribution is -0.136. The highest BCUT2D eigenvalue weighted by Crippen LogP contribution is 2.41. The Labute approximate surface area is 178 Å². The van der Waals surface area contributed by atoms with Gasteiger partial charge in [-0.05, 0) is 79.0 Å². The number of hydrogen-bond donors (Lipinski definition) is 1. The molecule has 0 unspecified atom stereocenters. The number of carboxylic acids is 1. The molecular formula is C25H31NO2S. The second kappa shape index (κ2) is 8.53. The number of nitrogens with zero attached hydrogens (tertiary/aromatic N) is 1. The second-order valence-electron chi connectivity index (χ2n) is 8.62. The van der Waals surface area contributed by atoms with Gasteiger partial charge in [-0.2, -0.15) is 0 Å². The van der Waals surface area contributed by atoms with Crippen molar-refractivity contribution in [2.75, 3.05) is 6.54 Å². The van der Waals surface area contributed by atoms with Gasteiger partial charge in [0.15, 0.2) is 0 Å². The fraction of sp³-hybridized carbons (Fsp3) is 0.480. The minimum absolute atomic E-state index is 0.0870. The van der Waals surface area contributed by atoms with Crippen molar-refractivity contribution in [3.05, 3.63) is 57.6 Å². The number of carboxylic acid groups (broad SMARTS) is 1. The summed E-state index contributed by atoms with van der Waals surface area (Å²) in [6, 6.07) is 8.53. The molecule has 1 saturated carbocycles. The van der Waals surface area contributed by atoms with E-state index >= 15 is 0 Å². The van der Waals surface area contributed by atoms with Gasteiger partial charge in [-0.1, -0.05) is 54.6 Å². The van der Waals surface area contributed by atoms with E-state index in [4.69, 9.17) is 0 Å². The van der Waals surface area contributed by atoms with E-state index in [1.807, 2.05) is 0 Å². The third kappa shape index (κ3) is 4.24. The smallest absolute Gasteiger partial charge is 0.307 e. The molecule has 1 heterocycles. The van der Waals surface area contributed by atoms with E-state index in [0.29, 0.717) is 0 Å². The maximum Gasteiger partial charge on any atom is 0.307 e. The Balaban J connectivity index is 1.76. The van der Waals surface area contributed by atoms with Gasteiger partial charge in [-0.15, -0.1) is 0 Å². The minimum atomic E-state index is -0.755. The van der Waals surface area contributed by atoms with Crippen molar-refractivity contribution in [2.45, 2.75) is 71.1 Å². The molecule has 1 aliphatic carbocycles. The number of rotatable bonds is 5. The molecule has 2 aromatic carbocycles. The quantitative estimate of drug-likeness (QED) is 0.629. The fourth-order valence-electron chi connectivity index (χ4n) is 5.02. The van der Waals surface area contributed by atoms with Gasteiger partial charge in [0.05, 0.1) is 6.42 Å². The number of hydrogen-bond acceptors (Lipinski definition) is 3. The van der Waals surface area contributed by atoms with Gasteiger partial charge < -0.3 is 5.11 Å². The fourth-order valence-corrected chi connectivity index (χ4v) is 6.39. The van der Waals surface area contributed by atoms with E-state index < -0.39 is 5.97 Å². The second-order valence-corrected chi connectivity index (χ2v) is 10.0. The summed E-state index contributed by atoms with van der Waals surface area (Å²) >= 11 is 2.06. The van der Waals surface area contributed by atoms with Crippen molar-refractivity contribution < 1.29 is 9.90 Å². The van der Waals surface area contributed by atoms with Gasteiger partial charge >= 0.3 is 5.97 Å². The number of fused-ring (bicyclic) bond motifs is 1. The summed E-state index contributed by atoms with van der Waals surface area (Å²) in [5, 5.41) is 10.4. The Kier molecular flexibility index (Phi) is 6.03. The molecule has 0 spiro atoms. The maximum atomic E-state index is 11.7. The van der Waals surface area contributed by atoms with Crippen LogP contribution in [-0.4, -0.2) is 27.2 Å². The molecule has 1 aliphatic heterocycles. The molecular weight excluding hydrogens is 378 g/mol. The van der Waals surface area contributed by atoms with E-state index in [2.05, 4.69) is 61.3 Å². The molecule has 4 heteroatoms. The van der Waals surface area contributed by atoms with E-state index in [0.717, 1.165) is 41.5 Å². The van der Waals surface area contributed by atoms with Gasteiger partial charge in [0.25, 0.3) is 0 Å². The van der Waals surface area contributed by atoms with Gasteiger partial charge in [-0.25, -0.2) is 4.31 Å². The summed E-state index contributed by atoms with van der Waals surface area (Å²) in [6.07, 6.45) is 6.54. The van der Waals surface area contributed by atoms with Crippen molar-refractivity contribution in [3.8, 4) is 11.1 Å². The van der Waals surface area contributed by atoms with Crippen LogP contribution in [-0.2, 0) is 24.2 Å². The molecule has 3 nitrogen and oxygen atoms in total. The summed E-state index contributed by atoms with van der Waals surface area (Å²) in [4.78, 5) is 11.7. The van der Waals surface area contributed by atoms with Crippen LogP contribution in [0.3, 0.4) is 0 Å². The maximum absolute atomic E-state index is 11.7. The molecule has 2 aliphatic rings. The Morgan fingerprint density at radius 2 is 1.76 bits per heavy atom. The molecule has 0 atom stereocenters. The zero-order valence-electron chi connectivity index (χ0n) is 17.8. The summed E-state index contributed by atoms with van der Waals surface area (Å²) < 4.78 is 2.56. The van der Waals surface area contributed by atoms with E-state index in [-0.39, 0.29) is 6.42 Å². The highest BCUT2D eigenvalue weighted by atomic mass is 32.2. The lowest BCUT2D eigenvalue weighted by Gasteiger charge is -2.34. The predicted molar refractivity (Wildman–Crippen MR) is 121 cm³/mol. The normalized spacial score (nSPS) is 17.5. The highest BCUT2D eigenvalue weighted by Gasteiger charge is 2.28. The molecule has 0 saturated heterocycles. The minimum Gasteiger partial charge on any atom is -0.481 e. The molecule has 1 N–H and O–H groups in total. The third-order valence-corrected chi connectivity index (χ3v) is 7.99. The standard InChI is InChI=1S/C25H31NO2S/c1-16-8-10-19(11-9-16)25-18(3)23-15-26(29-20-6-4-5-7-20)13-12-21(23)17(2)22(25)14-24(27)28/h8-11,20H,4-7,12-15H2,1-3H3,(H,27,28). The highest BCUT2D eigenvalue weighted by molar-refractivity contribution is 7.97. The Hall–Kier alpha value is -1.78. The number of carbonyl (C=O) groups is 1. The van der Waals surface area contributed by atoms with Crippen molar-refractivity contribution >= 4 is 17.9 Å². The van der Waals surface area contributed by atoms with Crippen LogP contribution >= 0.6 is 11.9 Å². The lowest BCUT2D eigenvalue weighted by Crippen LogP contribution is -2.29. The van der Waals surface area contributed by atoms with Gasteiger partial charge in [0, 0.05) is 18.3 Å². The number of aryl methyl sites for hydroxylation is 1. The van der Waals surface area contributed by atoms with Crippen LogP contribution in [0.15, 0.2) is 24.3 Å². The van der Waals surface area contributed by atoms with Crippen molar-refractivity contribution in [1.29, 1.82) is 0 Å². The first-order chi connectivity index (χ1) is 13.9. The Morgan fingerprint density at radius 3 is 2.41 bits per heavy atom. The van der Waals surface area contributed by atoms with E-state index in [1.54, 1.807) is 0 Å². The van der Waals surface area contributed by atoms with Crippen LogP contribution in [0.5, 0.6) is 0 Å². The SMILES string of the molecule is Cc1ccc(-c2c(C)c3c(c(C)c2CC(=O)O)CCN(SC2CCCC2)C3)cc1. The first-order valence-electron chi connectivity index (χ1n) is 10.8. The topological polar surface area (TPSA) is 40.5 Å². The molecule has 1 fully saturated rings. The predicted octanol–water partition coefficient (Wildman–Crippen LogP) is 5.85. The molecule has 4 rings (SSSR count). The van der Waals surface area contributed by atoms with Crippen LogP contribution in [0.2, 0.25) is 0 Å². The van der Waals surface area contributed by atoms with Crippen LogP contribution in [0.4, 0.5) is 0 Å². The summed E-state index contributed by atoms with van der Waals surface area (Å²) in [5.41, 5.74) is 9.75. The first kappa shape index (κ1) is 20.5. The van der Waals surface area contributed by atoms with Crippen LogP contribution in [0, 0.1) is 20.8 Å². The average molecular weight is 410 g/mol. The summed E-state index contributed by atoms with van der Waals surface area (Å²) in [7, 11) is 0.